The van der Waals surface area contributed by atoms with Crippen LogP contribution in [0.25, 0.3) is 0 Å². The Morgan fingerprint density at radius 3 is 2.05 bits per heavy atom. The number of aliphatic imine (C=N–C) groups is 1. The molecule has 0 saturated carbocycles. The van der Waals surface area contributed by atoms with Crippen LogP contribution in [0.15, 0.2) is 65.7 Å². The zero-order chi connectivity index (χ0) is 15.7. The molecule has 0 aliphatic carbocycles. The minimum atomic E-state index is -3.39. The van der Waals surface area contributed by atoms with Crippen molar-refractivity contribution in [2.45, 2.75) is 19.0 Å². The Morgan fingerprint density at radius 2 is 1.50 bits per heavy atom. The molecule has 0 radical (unpaired) electrons. The molecule has 0 saturated heterocycles. The first-order valence-corrected chi connectivity index (χ1v) is 9.01. The van der Waals surface area contributed by atoms with E-state index in [0.29, 0.717) is 5.84 Å². The van der Waals surface area contributed by atoms with Gasteiger partial charge in [-0.3, -0.25) is 4.99 Å². The van der Waals surface area contributed by atoms with E-state index in [1.165, 1.54) is 10.6 Å². The van der Waals surface area contributed by atoms with E-state index >= 15 is 0 Å². The van der Waals surface area contributed by atoms with Crippen molar-refractivity contribution in [3.05, 3.63) is 71.8 Å². The van der Waals surface area contributed by atoms with Gasteiger partial charge in [0.1, 0.15) is 5.84 Å². The summed E-state index contributed by atoms with van der Waals surface area (Å²) in [6.07, 6.45) is 1.23. The zero-order valence-corrected chi connectivity index (χ0v) is 13.4. The average molecular weight is 314 g/mol. The van der Waals surface area contributed by atoms with E-state index < -0.39 is 10.0 Å². The van der Waals surface area contributed by atoms with Crippen LogP contribution in [-0.2, 0) is 10.0 Å². The second-order valence-electron chi connectivity index (χ2n) is 5.47. The van der Waals surface area contributed by atoms with Crippen LogP contribution in [0.1, 0.15) is 24.1 Å². The zero-order valence-electron chi connectivity index (χ0n) is 12.5. The minimum absolute atomic E-state index is 0.189. The van der Waals surface area contributed by atoms with Gasteiger partial charge in [-0.2, -0.15) is 0 Å². The van der Waals surface area contributed by atoms with E-state index in [0.717, 1.165) is 11.1 Å². The van der Waals surface area contributed by atoms with Gasteiger partial charge in [-0.05, 0) is 12.5 Å². The van der Waals surface area contributed by atoms with Gasteiger partial charge in [0.15, 0.2) is 0 Å². The van der Waals surface area contributed by atoms with Gasteiger partial charge in [0.05, 0.1) is 18.3 Å². The molecule has 22 heavy (non-hydrogen) atoms. The molecular formula is C17H18N2O2S. The van der Waals surface area contributed by atoms with Gasteiger partial charge in [0.2, 0.25) is 10.0 Å². The molecular weight excluding hydrogens is 296 g/mol. The molecule has 2 aromatic carbocycles. The number of rotatable bonds is 3. The average Bonchev–Trinajstić information content (AvgIpc) is 2.87. The lowest BCUT2D eigenvalue weighted by Gasteiger charge is -2.25. The fraction of sp³-hybridized carbons (Fsp3) is 0.235. The molecule has 0 unspecified atom stereocenters. The van der Waals surface area contributed by atoms with E-state index in [1.807, 2.05) is 67.6 Å². The highest BCUT2D eigenvalue weighted by Gasteiger charge is 2.39. The summed E-state index contributed by atoms with van der Waals surface area (Å²) in [6.45, 7) is 1.90. The first-order valence-electron chi connectivity index (χ1n) is 7.16. The van der Waals surface area contributed by atoms with E-state index in [2.05, 4.69) is 0 Å². The summed E-state index contributed by atoms with van der Waals surface area (Å²) in [7, 11) is -3.39. The molecule has 1 aliphatic heterocycles. The molecule has 3 rings (SSSR count). The first-order chi connectivity index (χ1) is 10.5. The van der Waals surface area contributed by atoms with Crippen LogP contribution in [0.2, 0.25) is 0 Å². The van der Waals surface area contributed by atoms with E-state index in [9.17, 15) is 8.42 Å². The van der Waals surface area contributed by atoms with Crippen LogP contribution in [0.3, 0.4) is 0 Å². The largest absolute Gasteiger partial charge is 0.257 e. The van der Waals surface area contributed by atoms with Gasteiger partial charge in [0.25, 0.3) is 0 Å². The predicted octanol–water partition coefficient (Wildman–Crippen LogP) is 2.84. The third-order valence-corrected chi connectivity index (χ3v) is 5.05. The smallest absolute Gasteiger partial charge is 0.233 e. The Kier molecular flexibility index (Phi) is 3.74. The minimum Gasteiger partial charge on any atom is -0.257 e. The summed E-state index contributed by atoms with van der Waals surface area (Å²) in [6, 6.07) is 18.8. The Balaban J connectivity index is 2.11. The first kappa shape index (κ1) is 14.8. The van der Waals surface area contributed by atoms with Crippen LogP contribution >= 0.6 is 0 Å². The molecule has 0 N–H and O–H groups in total. The Hall–Kier alpha value is -2.14. The van der Waals surface area contributed by atoms with Crippen molar-refractivity contribution < 1.29 is 8.42 Å². The number of benzene rings is 2. The Morgan fingerprint density at radius 1 is 0.955 bits per heavy atom. The Bertz CT molecular complexity index is 786. The molecule has 0 bridgehead atoms. The lowest BCUT2D eigenvalue weighted by Crippen LogP contribution is -2.40. The van der Waals surface area contributed by atoms with Crippen LogP contribution < -0.4 is 0 Å². The number of sulfonamides is 1. The van der Waals surface area contributed by atoms with Crippen molar-refractivity contribution in [1.82, 2.24) is 4.31 Å². The van der Waals surface area contributed by atoms with Crippen molar-refractivity contribution in [1.29, 1.82) is 0 Å². The topological polar surface area (TPSA) is 49.7 Å². The lowest BCUT2D eigenvalue weighted by atomic mass is 10.0. The van der Waals surface area contributed by atoms with Crippen molar-refractivity contribution in [3.63, 3.8) is 0 Å². The highest BCUT2D eigenvalue weighted by molar-refractivity contribution is 7.89. The van der Waals surface area contributed by atoms with Gasteiger partial charge in [-0.25, -0.2) is 12.7 Å². The maximum atomic E-state index is 12.2. The third-order valence-electron chi connectivity index (χ3n) is 3.83. The summed E-state index contributed by atoms with van der Waals surface area (Å²) in [5, 5.41) is 0. The fourth-order valence-corrected chi connectivity index (χ4v) is 4.06. The van der Waals surface area contributed by atoms with Crippen LogP contribution in [0.4, 0.5) is 0 Å². The molecule has 1 heterocycles. The second-order valence-corrected chi connectivity index (χ2v) is 7.33. The van der Waals surface area contributed by atoms with Crippen LogP contribution in [0.5, 0.6) is 0 Å². The van der Waals surface area contributed by atoms with E-state index in [-0.39, 0.29) is 12.1 Å². The lowest BCUT2D eigenvalue weighted by molar-refractivity contribution is 0.437. The van der Waals surface area contributed by atoms with Crippen molar-refractivity contribution >= 4 is 15.9 Å². The van der Waals surface area contributed by atoms with Crippen molar-refractivity contribution in [2.75, 3.05) is 6.26 Å². The molecule has 0 amide bonds. The molecule has 0 aromatic heterocycles. The normalized spacial score (nSPS) is 21.7. The fourth-order valence-electron chi connectivity index (χ4n) is 2.87. The van der Waals surface area contributed by atoms with Crippen LogP contribution in [0, 0.1) is 0 Å². The van der Waals surface area contributed by atoms with Gasteiger partial charge >= 0.3 is 0 Å². The number of hydrogen-bond acceptors (Lipinski definition) is 3. The molecule has 5 heteroatoms. The van der Waals surface area contributed by atoms with Gasteiger partial charge < -0.3 is 0 Å². The van der Waals surface area contributed by atoms with E-state index in [4.69, 9.17) is 4.99 Å². The van der Waals surface area contributed by atoms with Crippen molar-refractivity contribution in [3.8, 4) is 0 Å². The summed E-state index contributed by atoms with van der Waals surface area (Å²) in [5.74, 6) is 0.518. The SMILES string of the molecule is C[C@@H]1[C@@H](c2ccccc2)N=C(c2ccccc2)N1S(C)(=O)=O. The molecule has 1 aliphatic rings. The molecule has 2 atom stereocenters. The monoisotopic (exact) mass is 314 g/mol. The highest BCUT2D eigenvalue weighted by atomic mass is 32.2. The highest BCUT2D eigenvalue weighted by Crippen LogP contribution is 2.34. The van der Waals surface area contributed by atoms with Crippen molar-refractivity contribution in [2.24, 2.45) is 4.99 Å². The number of hydrogen-bond donors (Lipinski definition) is 0. The van der Waals surface area contributed by atoms with Crippen LogP contribution in [-0.4, -0.2) is 30.9 Å². The molecule has 114 valence electrons. The van der Waals surface area contributed by atoms with E-state index in [1.54, 1.807) is 0 Å². The maximum Gasteiger partial charge on any atom is 0.233 e. The molecule has 2 aromatic rings. The second kappa shape index (κ2) is 5.57. The summed E-state index contributed by atoms with van der Waals surface area (Å²) in [5.41, 5.74) is 1.84. The molecule has 0 spiro atoms. The standard InChI is InChI=1S/C17H18N2O2S/c1-13-16(14-9-5-3-6-10-14)18-17(19(13)22(2,20)21)15-11-7-4-8-12-15/h3-13,16H,1-2H3/t13-,16+/m1/s1. The molecule has 0 fully saturated rings. The van der Waals surface area contributed by atoms with Gasteiger partial charge in [-0.1, -0.05) is 60.7 Å². The maximum absolute atomic E-state index is 12.2. The number of amidine groups is 1. The summed E-state index contributed by atoms with van der Waals surface area (Å²) < 4.78 is 25.9. The number of nitrogens with zero attached hydrogens (tertiary/aromatic N) is 2. The van der Waals surface area contributed by atoms with Gasteiger partial charge in [-0.15, -0.1) is 0 Å². The summed E-state index contributed by atoms with van der Waals surface area (Å²) in [4.78, 5) is 4.72. The quantitative estimate of drug-likeness (QED) is 0.874. The molecule has 4 nitrogen and oxygen atoms in total. The van der Waals surface area contributed by atoms with Gasteiger partial charge in [0, 0.05) is 5.56 Å². The predicted molar refractivity (Wildman–Crippen MR) is 88.3 cm³/mol. The summed E-state index contributed by atoms with van der Waals surface area (Å²) >= 11 is 0. The Labute approximate surface area is 131 Å². The third kappa shape index (κ3) is 2.64.